The molecule has 88 valence electrons. The van der Waals surface area contributed by atoms with Gasteiger partial charge in [-0.25, -0.2) is 4.79 Å². The smallest absolute Gasteiger partial charge is 0.332 e. The van der Waals surface area contributed by atoms with Crippen molar-refractivity contribution < 1.29 is 14.0 Å². The maximum absolute atomic E-state index is 11.1. The number of hydrogen-bond donors (Lipinski definition) is 0. The van der Waals surface area contributed by atoms with Crippen LogP contribution in [0.5, 0.6) is 0 Å². The zero-order valence-corrected chi connectivity index (χ0v) is 11.4. The van der Waals surface area contributed by atoms with Crippen LogP contribution in [-0.2, 0) is 14.0 Å². The fourth-order valence-electron chi connectivity index (χ4n) is 1.47. The third-order valence-electron chi connectivity index (χ3n) is 1.92. The maximum atomic E-state index is 11.1. The topological polar surface area (TPSA) is 35.5 Å². The van der Waals surface area contributed by atoms with Gasteiger partial charge in [-0.05, 0) is 33.0 Å². The molecule has 0 fully saturated rings. The van der Waals surface area contributed by atoms with Crippen LogP contribution in [0.15, 0.2) is 12.2 Å². The second kappa shape index (κ2) is 6.79. The molecule has 15 heavy (non-hydrogen) atoms. The van der Waals surface area contributed by atoms with E-state index in [0.717, 1.165) is 12.5 Å². The molecule has 1 unspecified atom stereocenters. The highest BCUT2D eigenvalue weighted by Gasteiger charge is 2.25. The molecular weight excluding hydrogens is 208 g/mol. The van der Waals surface area contributed by atoms with Gasteiger partial charge in [0.1, 0.15) is 0 Å². The zero-order valence-electron chi connectivity index (χ0n) is 10.4. The predicted octanol–water partition coefficient (Wildman–Crippen LogP) is 3.08. The molecule has 0 aromatic heterocycles. The average Bonchev–Trinajstić information content (AvgIpc) is 2.01. The molecule has 0 rings (SSSR count). The highest BCUT2D eigenvalue weighted by atomic mass is 28.4. The van der Waals surface area contributed by atoms with Gasteiger partial charge in [0, 0.05) is 6.08 Å². The molecule has 0 heterocycles. The summed E-state index contributed by atoms with van der Waals surface area (Å²) in [5.41, 5.74) is 0. The monoisotopic (exact) mass is 230 g/mol. The molecule has 0 radical (unpaired) electrons. The summed E-state index contributed by atoms with van der Waals surface area (Å²) in [5.74, 6) is -0.341. The van der Waals surface area contributed by atoms with Crippen molar-refractivity contribution in [2.75, 3.05) is 0 Å². The SMILES string of the molecule is CC=CC(=O)OC(C)O[Si](C)(C)CCC. The third kappa shape index (κ3) is 7.33. The lowest BCUT2D eigenvalue weighted by Gasteiger charge is -2.26. The number of carbonyl (C=O) groups excluding carboxylic acids is 1. The van der Waals surface area contributed by atoms with Crippen LogP contribution in [0.1, 0.15) is 27.2 Å². The van der Waals surface area contributed by atoms with E-state index in [2.05, 4.69) is 20.0 Å². The average molecular weight is 230 g/mol. The van der Waals surface area contributed by atoms with Crippen LogP contribution in [0.3, 0.4) is 0 Å². The van der Waals surface area contributed by atoms with Crippen LogP contribution in [-0.4, -0.2) is 20.6 Å². The van der Waals surface area contributed by atoms with E-state index >= 15 is 0 Å². The van der Waals surface area contributed by atoms with Crippen LogP contribution in [0.2, 0.25) is 19.1 Å². The number of rotatable bonds is 6. The Kier molecular flexibility index (Phi) is 6.52. The van der Waals surface area contributed by atoms with Crippen molar-refractivity contribution in [3.05, 3.63) is 12.2 Å². The summed E-state index contributed by atoms with van der Waals surface area (Å²) in [6.07, 6.45) is 3.72. The molecule has 0 saturated carbocycles. The fraction of sp³-hybridized carbons (Fsp3) is 0.727. The molecule has 4 heteroatoms. The van der Waals surface area contributed by atoms with E-state index in [9.17, 15) is 4.79 Å². The molecule has 0 aromatic rings. The van der Waals surface area contributed by atoms with Gasteiger partial charge in [0.15, 0.2) is 14.6 Å². The van der Waals surface area contributed by atoms with Crippen molar-refractivity contribution in [3.8, 4) is 0 Å². The van der Waals surface area contributed by atoms with E-state index in [-0.39, 0.29) is 5.97 Å². The Morgan fingerprint density at radius 3 is 2.53 bits per heavy atom. The highest BCUT2D eigenvalue weighted by Crippen LogP contribution is 2.16. The number of carbonyl (C=O) groups is 1. The molecular formula is C11H22O3Si. The lowest BCUT2D eigenvalue weighted by molar-refractivity contribution is -0.155. The molecule has 0 N–H and O–H groups in total. The van der Waals surface area contributed by atoms with E-state index in [1.165, 1.54) is 6.08 Å². The minimum atomic E-state index is -1.66. The molecule has 0 amide bonds. The zero-order chi connectivity index (χ0) is 11.9. The van der Waals surface area contributed by atoms with Gasteiger partial charge in [-0.1, -0.05) is 19.4 Å². The summed E-state index contributed by atoms with van der Waals surface area (Å²) in [6.45, 7) is 9.95. The standard InChI is InChI=1S/C11H22O3Si/c1-6-8-11(12)13-10(3)14-15(4,5)9-7-2/h6,8,10H,7,9H2,1-5H3. The van der Waals surface area contributed by atoms with Crippen molar-refractivity contribution in [3.63, 3.8) is 0 Å². The van der Waals surface area contributed by atoms with Crippen molar-refractivity contribution in [2.24, 2.45) is 0 Å². The Balaban J connectivity index is 4.02. The van der Waals surface area contributed by atoms with Gasteiger partial charge in [0.05, 0.1) is 0 Å². The van der Waals surface area contributed by atoms with E-state index in [0.29, 0.717) is 0 Å². The predicted molar refractivity (Wildman–Crippen MR) is 64.0 cm³/mol. The lowest BCUT2D eigenvalue weighted by atomic mass is 10.5. The molecule has 0 saturated heterocycles. The second-order valence-corrected chi connectivity index (χ2v) is 8.39. The summed E-state index contributed by atoms with van der Waals surface area (Å²) >= 11 is 0. The summed E-state index contributed by atoms with van der Waals surface area (Å²) < 4.78 is 10.8. The van der Waals surface area contributed by atoms with Crippen molar-refractivity contribution in [1.82, 2.24) is 0 Å². The van der Waals surface area contributed by atoms with Gasteiger partial charge in [-0.3, -0.25) is 0 Å². The van der Waals surface area contributed by atoms with E-state index in [1.54, 1.807) is 19.9 Å². The van der Waals surface area contributed by atoms with Crippen LogP contribution >= 0.6 is 0 Å². The Hall–Kier alpha value is -0.613. The van der Waals surface area contributed by atoms with Gasteiger partial charge < -0.3 is 9.16 Å². The normalized spacial score (nSPS) is 14.2. The molecule has 3 nitrogen and oxygen atoms in total. The first-order valence-corrected chi connectivity index (χ1v) is 8.54. The maximum Gasteiger partial charge on any atom is 0.332 e. The summed E-state index contributed by atoms with van der Waals surface area (Å²) in [6, 6.07) is 1.08. The molecule has 0 spiro atoms. The third-order valence-corrected chi connectivity index (χ3v) is 4.60. The Morgan fingerprint density at radius 1 is 1.47 bits per heavy atom. The Morgan fingerprint density at radius 2 is 2.07 bits per heavy atom. The second-order valence-electron chi connectivity index (χ2n) is 4.13. The Labute approximate surface area is 93.6 Å². The van der Waals surface area contributed by atoms with Gasteiger partial charge in [-0.2, -0.15) is 0 Å². The first kappa shape index (κ1) is 14.4. The van der Waals surface area contributed by atoms with E-state index in [1.807, 2.05) is 0 Å². The highest BCUT2D eigenvalue weighted by molar-refractivity contribution is 6.71. The molecule has 0 bridgehead atoms. The molecule has 0 aromatic carbocycles. The van der Waals surface area contributed by atoms with Gasteiger partial charge in [-0.15, -0.1) is 0 Å². The summed E-state index contributed by atoms with van der Waals surface area (Å²) in [5, 5.41) is 0. The van der Waals surface area contributed by atoms with Crippen LogP contribution in [0, 0.1) is 0 Å². The van der Waals surface area contributed by atoms with Crippen LogP contribution in [0.25, 0.3) is 0 Å². The number of hydrogen-bond acceptors (Lipinski definition) is 3. The van der Waals surface area contributed by atoms with Crippen molar-refractivity contribution in [2.45, 2.75) is 52.6 Å². The summed E-state index contributed by atoms with van der Waals surface area (Å²) in [7, 11) is -1.66. The lowest BCUT2D eigenvalue weighted by Crippen LogP contribution is -2.35. The summed E-state index contributed by atoms with van der Waals surface area (Å²) in [4.78, 5) is 11.1. The number of esters is 1. The largest absolute Gasteiger partial charge is 0.434 e. The first-order chi connectivity index (χ1) is 6.91. The quantitative estimate of drug-likeness (QED) is 0.304. The molecule has 0 aliphatic carbocycles. The molecule has 0 aliphatic heterocycles. The molecule has 0 aliphatic rings. The minimum absolute atomic E-state index is 0.341. The van der Waals surface area contributed by atoms with E-state index in [4.69, 9.17) is 9.16 Å². The van der Waals surface area contributed by atoms with E-state index < -0.39 is 14.6 Å². The van der Waals surface area contributed by atoms with Gasteiger partial charge >= 0.3 is 5.97 Å². The number of ether oxygens (including phenoxy) is 1. The molecule has 1 atom stereocenters. The first-order valence-electron chi connectivity index (χ1n) is 5.42. The van der Waals surface area contributed by atoms with Gasteiger partial charge in [0.25, 0.3) is 0 Å². The Bertz CT molecular complexity index is 224. The minimum Gasteiger partial charge on any atom is -0.434 e. The number of allylic oxidation sites excluding steroid dienone is 1. The fourth-order valence-corrected chi connectivity index (χ4v) is 3.74. The van der Waals surface area contributed by atoms with Gasteiger partial charge in [0.2, 0.25) is 0 Å². The van der Waals surface area contributed by atoms with Crippen molar-refractivity contribution in [1.29, 1.82) is 0 Å². The van der Waals surface area contributed by atoms with Crippen LogP contribution in [0.4, 0.5) is 0 Å². The van der Waals surface area contributed by atoms with Crippen molar-refractivity contribution >= 4 is 14.3 Å². The van der Waals surface area contributed by atoms with Crippen LogP contribution < -0.4 is 0 Å².